The summed E-state index contributed by atoms with van der Waals surface area (Å²) in [4.78, 5) is 31.4. The number of nitrogens with one attached hydrogen (secondary N) is 1. The van der Waals surface area contributed by atoms with Gasteiger partial charge in [-0.2, -0.15) is 0 Å². The van der Waals surface area contributed by atoms with Crippen molar-refractivity contribution in [2.45, 2.75) is 18.6 Å². The lowest BCUT2D eigenvalue weighted by Gasteiger charge is -2.21. The van der Waals surface area contributed by atoms with Gasteiger partial charge in [-0.15, -0.1) is 0 Å². The first-order chi connectivity index (χ1) is 14.9. The SMILES string of the molecule is CCN(CC(=O)NCc1ccc(Cl)cc1)C(=O)c1cnc(SC)n1-c1ccc(F)cc1. The number of hydrogen-bond donors (Lipinski definition) is 1. The van der Waals surface area contributed by atoms with Crippen LogP contribution in [0.5, 0.6) is 0 Å². The second-order valence-corrected chi connectivity index (χ2v) is 7.87. The quantitative estimate of drug-likeness (QED) is 0.512. The molecule has 1 N–H and O–H groups in total. The highest BCUT2D eigenvalue weighted by Crippen LogP contribution is 2.23. The van der Waals surface area contributed by atoms with E-state index in [2.05, 4.69) is 10.3 Å². The van der Waals surface area contributed by atoms with Gasteiger partial charge in [0, 0.05) is 23.8 Å². The van der Waals surface area contributed by atoms with Gasteiger partial charge in [-0.3, -0.25) is 14.2 Å². The fraction of sp³-hybridized carbons (Fsp3) is 0.227. The second kappa shape index (κ2) is 10.5. The summed E-state index contributed by atoms with van der Waals surface area (Å²) in [7, 11) is 0. The molecule has 0 bridgehead atoms. The van der Waals surface area contributed by atoms with Crippen molar-refractivity contribution in [1.29, 1.82) is 0 Å². The van der Waals surface area contributed by atoms with Crippen molar-refractivity contribution in [1.82, 2.24) is 19.8 Å². The second-order valence-electron chi connectivity index (χ2n) is 6.66. The molecule has 0 saturated carbocycles. The minimum atomic E-state index is -0.366. The number of benzene rings is 2. The van der Waals surface area contributed by atoms with Gasteiger partial charge in [0.25, 0.3) is 5.91 Å². The molecule has 2 amide bonds. The Morgan fingerprint density at radius 3 is 2.45 bits per heavy atom. The third kappa shape index (κ3) is 5.65. The maximum absolute atomic E-state index is 13.4. The Labute approximate surface area is 189 Å². The summed E-state index contributed by atoms with van der Waals surface area (Å²) in [5.41, 5.74) is 1.84. The van der Waals surface area contributed by atoms with Gasteiger partial charge in [0.1, 0.15) is 11.5 Å². The lowest BCUT2D eigenvalue weighted by molar-refractivity contribution is -0.121. The Morgan fingerprint density at radius 1 is 1.16 bits per heavy atom. The van der Waals surface area contributed by atoms with E-state index in [1.807, 2.05) is 18.4 Å². The summed E-state index contributed by atoms with van der Waals surface area (Å²) in [6.07, 6.45) is 3.32. The Morgan fingerprint density at radius 2 is 1.84 bits per heavy atom. The van der Waals surface area contributed by atoms with E-state index in [9.17, 15) is 14.0 Å². The van der Waals surface area contributed by atoms with E-state index in [-0.39, 0.29) is 24.2 Å². The number of likely N-dealkylation sites (N-methyl/N-ethyl adjacent to an activating group) is 1. The molecule has 0 aliphatic carbocycles. The maximum atomic E-state index is 13.4. The molecule has 1 heterocycles. The third-order valence-corrected chi connectivity index (χ3v) is 5.53. The van der Waals surface area contributed by atoms with Gasteiger partial charge < -0.3 is 10.2 Å². The number of hydrogen-bond acceptors (Lipinski definition) is 4. The van der Waals surface area contributed by atoms with Gasteiger partial charge >= 0.3 is 0 Å². The summed E-state index contributed by atoms with van der Waals surface area (Å²) < 4.78 is 15.0. The van der Waals surface area contributed by atoms with Crippen LogP contribution in [0.15, 0.2) is 59.9 Å². The third-order valence-electron chi connectivity index (χ3n) is 4.62. The van der Waals surface area contributed by atoms with Crippen molar-refractivity contribution in [2.24, 2.45) is 0 Å². The summed E-state index contributed by atoms with van der Waals surface area (Å²) in [5.74, 6) is -0.973. The van der Waals surface area contributed by atoms with E-state index in [1.165, 1.54) is 35.0 Å². The predicted molar refractivity (Wildman–Crippen MR) is 120 cm³/mol. The average Bonchev–Trinajstić information content (AvgIpc) is 3.21. The van der Waals surface area contributed by atoms with E-state index in [0.717, 1.165) is 5.56 Å². The highest BCUT2D eigenvalue weighted by atomic mass is 35.5. The molecule has 1 aromatic heterocycles. The minimum absolute atomic E-state index is 0.0911. The molecule has 0 radical (unpaired) electrons. The molecule has 3 aromatic rings. The largest absolute Gasteiger partial charge is 0.350 e. The van der Waals surface area contributed by atoms with Crippen LogP contribution in [-0.2, 0) is 11.3 Å². The Balaban J connectivity index is 1.74. The molecule has 0 atom stereocenters. The number of carbonyl (C=O) groups excluding carboxylic acids is 2. The fourth-order valence-electron chi connectivity index (χ4n) is 2.99. The zero-order valence-corrected chi connectivity index (χ0v) is 18.7. The number of thioether (sulfide) groups is 1. The zero-order chi connectivity index (χ0) is 22.4. The first-order valence-corrected chi connectivity index (χ1v) is 11.2. The summed E-state index contributed by atoms with van der Waals surface area (Å²) >= 11 is 7.24. The van der Waals surface area contributed by atoms with E-state index in [4.69, 9.17) is 11.6 Å². The van der Waals surface area contributed by atoms with Gasteiger partial charge in [0.05, 0.1) is 12.7 Å². The predicted octanol–water partition coefficient (Wildman–Crippen LogP) is 4.17. The molecule has 0 fully saturated rings. The first kappa shape index (κ1) is 22.8. The van der Waals surface area contributed by atoms with Gasteiger partial charge in [-0.1, -0.05) is 35.5 Å². The monoisotopic (exact) mass is 460 g/mol. The van der Waals surface area contributed by atoms with Crippen LogP contribution in [0.25, 0.3) is 5.69 Å². The van der Waals surface area contributed by atoms with Crippen molar-refractivity contribution >= 4 is 35.2 Å². The van der Waals surface area contributed by atoms with Crippen molar-refractivity contribution in [3.8, 4) is 5.69 Å². The normalized spacial score (nSPS) is 10.7. The lowest BCUT2D eigenvalue weighted by Crippen LogP contribution is -2.41. The highest BCUT2D eigenvalue weighted by molar-refractivity contribution is 7.98. The number of imidazole rings is 1. The number of halogens is 2. The summed E-state index contributed by atoms with van der Waals surface area (Å²) in [5, 5.41) is 4.04. The van der Waals surface area contributed by atoms with E-state index >= 15 is 0 Å². The van der Waals surface area contributed by atoms with Gasteiger partial charge in [-0.25, -0.2) is 9.37 Å². The van der Waals surface area contributed by atoms with E-state index < -0.39 is 0 Å². The molecule has 0 aliphatic heterocycles. The molecule has 0 spiro atoms. The van der Waals surface area contributed by atoms with Crippen LogP contribution in [0.2, 0.25) is 5.02 Å². The van der Waals surface area contributed by atoms with Crippen molar-refractivity contribution in [2.75, 3.05) is 19.3 Å². The van der Waals surface area contributed by atoms with Crippen LogP contribution in [0.4, 0.5) is 4.39 Å². The molecule has 0 aliphatic rings. The lowest BCUT2D eigenvalue weighted by atomic mass is 10.2. The zero-order valence-electron chi connectivity index (χ0n) is 17.1. The van der Waals surface area contributed by atoms with Crippen LogP contribution in [0, 0.1) is 5.82 Å². The molecule has 6 nitrogen and oxygen atoms in total. The van der Waals surface area contributed by atoms with E-state index in [0.29, 0.717) is 34.6 Å². The smallest absolute Gasteiger partial charge is 0.272 e. The number of rotatable bonds is 8. The van der Waals surface area contributed by atoms with Crippen molar-refractivity contribution < 1.29 is 14.0 Å². The Hall–Kier alpha value is -2.84. The summed E-state index contributed by atoms with van der Waals surface area (Å²) in [6.45, 7) is 2.40. The summed E-state index contributed by atoms with van der Waals surface area (Å²) in [6, 6.07) is 13.0. The van der Waals surface area contributed by atoms with Gasteiger partial charge in [0.15, 0.2) is 5.16 Å². The van der Waals surface area contributed by atoms with E-state index in [1.54, 1.807) is 35.8 Å². The van der Waals surface area contributed by atoms with Gasteiger partial charge in [0.2, 0.25) is 5.91 Å². The fourth-order valence-corrected chi connectivity index (χ4v) is 3.66. The molecular weight excluding hydrogens is 439 g/mol. The molecule has 162 valence electrons. The average molecular weight is 461 g/mol. The van der Waals surface area contributed by atoms with Gasteiger partial charge in [-0.05, 0) is 55.1 Å². The topological polar surface area (TPSA) is 67.2 Å². The van der Waals surface area contributed by atoms with Crippen LogP contribution in [-0.4, -0.2) is 45.6 Å². The molecule has 2 aromatic carbocycles. The highest BCUT2D eigenvalue weighted by Gasteiger charge is 2.23. The molecule has 0 unspecified atom stereocenters. The minimum Gasteiger partial charge on any atom is -0.350 e. The number of nitrogens with zero attached hydrogens (tertiary/aromatic N) is 3. The van der Waals surface area contributed by atoms with Crippen LogP contribution in [0.3, 0.4) is 0 Å². The van der Waals surface area contributed by atoms with Crippen LogP contribution >= 0.6 is 23.4 Å². The van der Waals surface area contributed by atoms with Crippen LogP contribution in [0.1, 0.15) is 23.0 Å². The number of carbonyl (C=O) groups is 2. The molecule has 0 saturated heterocycles. The standard InChI is InChI=1S/C22H22ClFN4O2S/c1-3-27(14-20(29)25-12-15-4-6-16(23)7-5-15)21(30)19-13-26-22(31-2)28(19)18-10-8-17(24)9-11-18/h4-11,13H,3,12,14H2,1-2H3,(H,25,29). The van der Waals surface area contributed by atoms with Crippen LogP contribution < -0.4 is 5.32 Å². The Kier molecular flexibility index (Phi) is 7.70. The molecular formula is C22H22ClFN4O2S. The van der Waals surface area contributed by atoms with Crippen molar-refractivity contribution in [3.63, 3.8) is 0 Å². The first-order valence-electron chi connectivity index (χ1n) is 9.61. The Bertz CT molecular complexity index is 1050. The molecule has 3 rings (SSSR count). The number of amides is 2. The molecule has 9 heteroatoms. The maximum Gasteiger partial charge on any atom is 0.272 e. The number of aromatic nitrogens is 2. The van der Waals surface area contributed by atoms with Crippen molar-refractivity contribution in [3.05, 3.63) is 76.8 Å². The molecule has 31 heavy (non-hydrogen) atoms.